The first-order valence-corrected chi connectivity index (χ1v) is 32.3. The van der Waals surface area contributed by atoms with E-state index < -0.39 is 18.2 Å². The lowest BCUT2D eigenvalue weighted by atomic mass is 10.0. The average Bonchev–Trinajstić information content (AvgIpc) is 3.37. The van der Waals surface area contributed by atoms with E-state index in [1.165, 1.54) is 295 Å². The Labute approximate surface area is 444 Å². The van der Waals surface area contributed by atoms with Crippen molar-refractivity contribution < 1.29 is 20.1 Å². The maximum atomic E-state index is 12.6. The van der Waals surface area contributed by atoms with Crippen LogP contribution in [0.3, 0.4) is 0 Å². The quantitative estimate of drug-likeness (QED) is 0.0361. The van der Waals surface area contributed by atoms with Gasteiger partial charge in [-0.1, -0.05) is 333 Å². The van der Waals surface area contributed by atoms with Crippen LogP contribution in [-0.4, -0.2) is 46.1 Å². The van der Waals surface area contributed by atoms with Crippen molar-refractivity contribution in [3.63, 3.8) is 0 Å². The van der Waals surface area contributed by atoms with Crippen molar-refractivity contribution in [3.8, 4) is 0 Å². The van der Waals surface area contributed by atoms with Crippen molar-refractivity contribution in [3.05, 3.63) is 36.5 Å². The van der Waals surface area contributed by atoms with Crippen LogP contribution in [0.15, 0.2) is 36.5 Å². The van der Waals surface area contributed by atoms with Gasteiger partial charge in [-0.05, 0) is 51.4 Å². The average molecular weight is 999 g/mol. The van der Waals surface area contributed by atoms with Crippen LogP contribution in [0.4, 0.5) is 0 Å². The molecule has 5 nitrogen and oxygen atoms in total. The van der Waals surface area contributed by atoms with Gasteiger partial charge in [-0.3, -0.25) is 4.79 Å². The van der Waals surface area contributed by atoms with Gasteiger partial charge in [0.25, 0.3) is 0 Å². The summed E-state index contributed by atoms with van der Waals surface area (Å²) in [5.41, 5.74) is 0. The molecule has 3 unspecified atom stereocenters. The van der Waals surface area contributed by atoms with E-state index in [0.717, 1.165) is 32.1 Å². The number of hydrogen-bond donors (Lipinski definition) is 4. The first kappa shape index (κ1) is 69.6. The third-order valence-corrected chi connectivity index (χ3v) is 15.2. The minimum Gasteiger partial charge on any atom is -0.394 e. The lowest BCUT2D eigenvalue weighted by Crippen LogP contribution is -2.45. The summed E-state index contributed by atoms with van der Waals surface area (Å²) in [6, 6.07) is -0.745. The van der Waals surface area contributed by atoms with Crippen LogP contribution in [0.2, 0.25) is 0 Å². The molecule has 0 aromatic carbocycles. The predicted octanol–water partition coefficient (Wildman–Crippen LogP) is 20.6. The zero-order valence-electron chi connectivity index (χ0n) is 48.1. The van der Waals surface area contributed by atoms with E-state index in [4.69, 9.17) is 0 Å². The van der Waals surface area contributed by atoms with Gasteiger partial charge in [0.05, 0.1) is 31.3 Å². The van der Waals surface area contributed by atoms with E-state index in [2.05, 4.69) is 43.5 Å². The second kappa shape index (κ2) is 61.1. The molecule has 0 aliphatic heterocycles. The lowest BCUT2D eigenvalue weighted by molar-refractivity contribution is -0.124. The van der Waals surface area contributed by atoms with Gasteiger partial charge in [-0.2, -0.15) is 0 Å². The second-order valence-corrected chi connectivity index (χ2v) is 22.4. The number of nitrogens with one attached hydrogen (secondary N) is 1. The number of hydrogen-bond acceptors (Lipinski definition) is 4. The van der Waals surface area contributed by atoms with Crippen molar-refractivity contribution in [1.82, 2.24) is 5.32 Å². The molecule has 0 spiro atoms. The minimum atomic E-state index is -0.930. The molecule has 0 aliphatic carbocycles. The van der Waals surface area contributed by atoms with Gasteiger partial charge in [-0.25, -0.2) is 0 Å². The molecular formula is C66H127NO4. The molecule has 0 fully saturated rings. The number of aliphatic hydroxyl groups is 3. The summed E-state index contributed by atoms with van der Waals surface area (Å²) >= 11 is 0. The fourth-order valence-electron chi connectivity index (χ4n) is 10.3. The number of carbonyl (C=O) groups excluding carboxylic acids is 1. The Kier molecular flexibility index (Phi) is 59.9. The molecule has 0 aliphatic rings. The van der Waals surface area contributed by atoms with Gasteiger partial charge in [0.15, 0.2) is 0 Å². The van der Waals surface area contributed by atoms with Gasteiger partial charge in [0.1, 0.15) is 0 Å². The van der Waals surface area contributed by atoms with Crippen LogP contribution >= 0.6 is 0 Å². The number of rotatable bonds is 60. The standard InChI is InChI=1S/C66H127NO4/c1-3-5-7-9-11-13-15-17-19-21-23-25-27-29-30-31-32-33-34-36-37-39-41-43-45-47-49-51-53-55-57-59-63(69)61-66(71)67-64(62-68)65(70)60-58-56-54-52-50-48-46-44-42-40-38-35-28-26-24-22-20-18-16-14-12-10-8-6-4-2/h23,25,29-30,58,60,63-65,68-70H,3-22,24,26-28,31-57,59,61-62H2,1-2H3,(H,67,71)/b25-23-,30-29-,60-58+. The first-order valence-electron chi connectivity index (χ1n) is 32.3. The van der Waals surface area contributed by atoms with Crippen molar-refractivity contribution >= 4 is 5.91 Å². The second-order valence-electron chi connectivity index (χ2n) is 22.4. The van der Waals surface area contributed by atoms with Crippen LogP contribution in [0.25, 0.3) is 0 Å². The summed E-state index contributed by atoms with van der Waals surface area (Å²) < 4.78 is 0. The highest BCUT2D eigenvalue weighted by Gasteiger charge is 2.20. The highest BCUT2D eigenvalue weighted by atomic mass is 16.3. The number of aliphatic hydroxyl groups excluding tert-OH is 3. The maximum absolute atomic E-state index is 12.6. The molecule has 0 saturated heterocycles. The highest BCUT2D eigenvalue weighted by molar-refractivity contribution is 5.76. The summed E-state index contributed by atoms with van der Waals surface area (Å²) in [6.45, 7) is 4.26. The van der Waals surface area contributed by atoms with Gasteiger partial charge < -0.3 is 20.6 Å². The third-order valence-electron chi connectivity index (χ3n) is 15.2. The largest absolute Gasteiger partial charge is 0.394 e. The fourth-order valence-corrected chi connectivity index (χ4v) is 10.3. The van der Waals surface area contributed by atoms with Crippen molar-refractivity contribution in [2.75, 3.05) is 6.61 Å². The Morgan fingerprint density at radius 2 is 0.634 bits per heavy atom. The van der Waals surface area contributed by atoms with E-state index in [9.17, 15) is 20.1 Å². The van der Waals surface area contributed by atoms with Gasteiger partial charge in [-0.15, -0.1) is 0 Å². The van der Waals surface area contributed by atoms with Crippen LogP contribution in [0.1, 0.15) is 354 Å². The van der Waals surface area contributed by atoms with E-state index in [0.29, 0.717) is 6.42 Å². The Bertz CT molecular complexity index is 1100. The van der Waals surface area contributed by atoms with E-state index in [1.54, 1.807) is 6.08 Å². The van der Waals surface area contributed by atoms with Crippen molar-refractivity contribution in [2.45, 2.75) is 372 Å². The summed E-state index contributed by atoms with van der Waals surface area (Å²) in [5.74, 6) is -0.310. The van der Waals surface area contributed by atoms with Crippen LogP contribution in [0, 0.1) is 0 Å². The third kappa shape index (κ3) is 57.7. The number of carbonyl (C=O) groups is 1. The first-order chi connectivity index (χ1) is 35.0. The number of amides is 1. The SMILES string of the molecule is CCCCCCCCCCC/C=C\C/C=C\CCCCCCCCCCCCCCCCCC(O)CC(=O)NC(CO)C(O)/C=C/CCCCCCCCCCCCCCCCCCCCCCCCC. The fraction of sp³-hybridized carbons (Fsp3) is 0.894. The molecule has 0 heterocycles. The molecule has 0 aromatic heterocycles. The Morgan fingerprint density at radius 3 is 0.930 bits per heavy atom. The smallest absolute Gasteiger partial charge is 0.222 e. The molecule has 1 amide bonds. The lowest BCUT2D eigenvalue weighted by Gasteiger charge is -2.21. The zero-order valence-corrected chi connectivity index (χ0v) is 48.1. The van der Waals surface area contributed by atoms with E-state index in [-0.39, 0.29) is 18.9 Å². The molecule has 0 aromatic rings. The summed E-state index contributed by atoms with van der Waals surface area (Å²) in [4.78, 5) is 12.6. The molecule has 3 atom stereocenters. The summed E-state index contributed by atoms with van der Waals surface area (Å²) in [6.07, 6.45) is 80.8. The monoisotopic (exact) mass is 998 g/mol. The van der Waals surface area contributed by atoms with Crippen molar-refractivity contribution in [1.29, 1.82) is 0 Å². The van der Waals surface area contributed by atoms with E-state index >= 15 is 0 Å². The topological polar surface area (TPSA) is 89.8 Å². The van der Waals surface area contributed by atoms with E-state index in [1.807, 2.05) is 6.08 Å². The normalized spacial score (nSPS) is 13.4. The Balaban J connectivity index is 3.52. The molecule has 0 rings (SSSR count). The highest BCUT2D eigenvalue weighted by Crippen LogP contribution is 2.18. The van der Waals surface area contributed by atoms with Gasteiger partial charge in [0, 0.05) is 0 Å². The van der Waals surface area contributed by atoms with Crippen LogP contribution in [-0.2, 0) is 4.79 Å². The van der Waals surface area contributed by atoms with Gasteiger partial charge >= 0.3 is 0 Å². The molecule has 0 saturated carbocycles. The van der Waals surface area contributed by atoms with Gasteiger partial charge in [0.2, 0.25) is 5.91 Å². The molecule has 71 heavy (non-hydrogen) atoms. The minimum absolute atomic E-state index is 0.0157. The molecular weight excluding hydrogens is 871 g/mol. The molecule has 4 N–H and O–H groups in total. The predicted molar refractivity (Wildman–Crippen MR) is 314 cm³/mol. The van der Waals surface area contributed by atoms with Crippen LogP contribution in [0.5, 0.6) is 0 Å². The number of unbranched alkanes of at least 4 members (excludes halogenated alkanes) is 47. The van der Waals surface area contributed by atoms with Crippen molar-refractivity contribution in [2.24, 2.45) is 0 Å². The Morgan fingerprint density at radius 1 is 0.366 bits per heavy atom. The molecule has 0 bridgehead atoms. The summed E-state index contributed by atoms with van der Waals surface area (Å²) in [7, 11) is 0. The molecule has 420 valence electrons. The van der Waals surface area contributed by atoms with Crippen LogP contribution < -0.4 is 5.32 Å². The number of allylic oxidation sites excluding steroid dienone is 5. The zero-order chi connectivity index (χ0) is 51.4. The molecule has 5 heteroatoms. The summed E-state index contributed by atoms with van der Waals surface area (Å²) in [5, 5.41) is 33.6. The Hall–Kier alpha value is -1.43. The molecule has 0 radical (unpaired) electrons. The maximum Gasteiger partial charge on any atom is 0.222 e.